The molecule has 0 saturated carbocycles. The quantitative estimate of drug-likeness (QED) is 0.631. The zero-order valence-electron chi connectivity index (χ0n) is 13.2. The molecule has 0 aliphatic heterocycles. The molecule has 0 atom stereocenters. The van der Waals surface area contributed by atoms with Crippen LogP contribution in [0.15, 0.2) is 24.3 Å². The number of carboxylic acid groups (broad SMARTS) is 1. The molecule has 1 aromatic carbocycles. The Morgan fingerprint density at radius 2 is 1.74 bits per heavy atom. The van der Waals surface area contributed by atoms with Gasteiger partial charge in [-0.25, -0.2) is 0 Å². The van der Waals surface area contributed by atoms with Gasteiger partial charge in [-0.3, -0.25) is 14.4 Å². The fraction of sp³-hybridized carbons (Fsp3) is 0.438. The van der Waals surface area contributed by atoms with Crippen LogP contribution in [0.4, 0.5) is 0 Å². The van der Waals surface area contributed by atoms with Gasteiger partial charge >= 0.3 is 5.97 Å². The lowest BCUT2D eigenvalue weighted by Crippen LogP contribution is -2.39. The molecule has 0 radical (unpaired) electrons. The summed E-state index contributed by atoms with van der Waals surface area (Å²) in [6.45, 7) is 3.51. The molecule has 1 aromatic rings. The summed E-state index contributed by atoms with van der Waals surface area (Å²) in [4.78, 5) is 34.4. The smallest absolute Gasteiger partial charge is 0.310 e. The average Bonchev–Trinajstić information content (AvgIpc) is 2.50. The highest BCUT2D eigenvalue weighted by Gasteiger charge is 2.27. The van der Waals surface area contributed by atoms with E-state index in [4.69, 9.17) is 16.7 Å². The number of rotatable bonds is 8. The Morgan fingerprint density at radius 1 is 1.13 bits per heavy atom. The van der Waals surface area contributed by atoms with Crippen molar-refractivity contribution in [3.8, 4) is 0 Å². The summed E-state index contributed by atoms with van der Waals surface area (Å²) >= 11 is 5.75. The molecule has 0 spiro atoms. The van der Waals surface area contributed by atoms with Crippen LogP contribution in [0.25, 0.3) is 0 Å². The van der Waals surface area contributed by atoms with Crippen LogP contribution in [0.5, 0.6) is 0 Å². The molecule has 7 heteroatoms. The van der Waals surface area contributed by atoms with E-state index in [1.807, 2.05) is 0 Å². The van der Waals surface area contributed by atoms with Crippen molar-refractivity contribution in [2.24, 2.45) is 5.41 Å². The second-order valence-corrected chi connectivity index (χ2v) is 6.27. The van der Waals surface area contributed by atoms with Crippen molar-refractivity contribution in [1.82, 2.24) is 10.6 Å². The molecule has 2 amide bonds. The Hall–Kier alpha value is -2.08. The number of halogens is 1. The lowest BCUT2D eigenvalue weighted by molar-refractivity contribution is -0.146. The Labute approximate surface area is 140 Å². The minimum atomic E-state index is -1.00. The third-order valence-corrected chi connectivity index (χ3v) is 3.53. The topological polar surface area (TPSA) is 95.5 Å². The fourth-order valence-corrected chi connectivity index (χ4v) is 1.76. The van der Waals surface area contributed by atoms with Crippen molar-refractivity contribution < 1.29 is 19.5 Å². The first-order valence-electron chi connectivity index (χ1n) is 7.26. The fourth-order valence-electron chi connectivity index (χ4n) is 1.64. The summed E-state index contributed by atoms with van der Waals surface area (Å²) in [7, 11) is 0. The van der Waals surface area contributed by atoms with Gasteiger partial charge in [-0.05, 0) is 44.5 Å². The summed E-state index contributed by atoms with van der Waals surface area (Å²) in [5.41, 5.74) is -0.500. The zero-order chi connectivity index (χ0) is 17.5. The second kappa shape index (κ2) is 8.53. The number of hydrogen-bond donors (Lipinski definition) is 3. The number of nitrogens with one attached hydrogen (secondary N) is 2. The van der Waals surface area contributed by atoms with Gasteiger partial charge in [0.25, 0.3) is 5.91 Å². The van der Waals surface area contributed by atoms with Crippen LogP contribution in [0, 0.1) is 5.41 Å². The predicted molar refractivity (Wildman–Crippen MR) is 87.4 cm³/mol. The van der Waals surface area contributed by atoms with E-state index >= 15 is 0 Å². The maximum Gasteiger partial charge on any atom is 0.310 e. The van der Waals surface area contributed by atoms with Crippen LogP contribution in [0.2, 0.25) is 5.02 Å². The van der Waals surface area contributed by atoms with Gasteiger partial charge in [0.05, 0.1) is 5.41 Å². The minimum absolute atomic E-state index is 0.0678. The number of hydrogen-bond acceptors (Lipinski definition) is 3. The molecule has 0 heterocycles. The zero-order valence-corrected chi connectivity index (χ0v) is 13.9. The molecule has 0 aliphatic carbocycles. The van der Waals surface area contributed by atoms with Gasteiger partial charge in [-0.2, -0.15) is 0 Å². The monoisotopic (exact) mass is 340 g/mol. The minimum Gasteiger partial charge on any atom is -0.481 e. The standard InChI is InChI=1S/C16H21ClN2O4/c1-16(2,15(22)23)10-19-13(20)4-3-9-18-14(21)11-5-7-12(17)8-6-11/h5-8H,3-4,9-10H2,1-2H3,(H,18,21)(H,19,20)(H,22,23). The predicted octanol–water partition coefficient (Wildman–Crippen LogP) is 2.08. The van der Waals surface area contributed by atoms with Crippen molar-refractivity contribution in [3.63, 3.8) is 0 Å². The first-order valence-corrected chi connectivity index (χ1v) is 7.64. The van der Waals surface area contributed by atoms with Gasteiger partial charge in [0.2, 0.25) is 5.91 Å². The number of carboxylic acids is 1. The molecule has 0 saturated heterocycles. The average molecular weight is 341 g/mol. The summed E-state index contributed by atoms with van der Waals surface area (Å²) < 4.78 is 0. The maximum atomic E-state index is 11.8. The summed E-state index contributed by atoms with van der Waals surface area (Å²) in [5, 5.41) is 14.8. The van der Waals surface area contributed by atoms with Gasteiger partial charge in [-0.15, -0.1) is 0 Å². The molecule has 0 aliphatic rings. The lowest BCUT2D eigenvalue weighted by atomic mass is 9.94. The summed E-state index contributed by atoms with van der Waals surface area (Å²) in [6, 6.07) is 6.51. The Bertz CT molecular complexity index is 570. The molecule has 0 unspecified atom stereocenters. The first-order chi connectivity index (χ1) is 10.7. The van der Waals surface area contributed by atoms with E-state index in [1.54, 1.807) is 38.1 Å². The van der Waals surface area contributed by atoms with Crippen LogP contribution in [-0.4, -0.2) is 36.0 Å². The van der Waals surface area contributed by atoms with E-state index in [-0.39, 0.29) is 24.8 Å². The van der Waals surface area contributed by atoms with E-state index < -0.39 is 11.4 Å². The largest absolute Gasteiger partial charge is 0.481 e. The number of benzene rings is 1. The molecule has 23 heavy (non-hydrogen) atoms. The molecular formula is C16H21ClN2O4. The Morgan fingerprint density at radius 3 is 2.30 bits per heavy atom. The van der Waals surface area contributed by atoms with Crippen molar-refractivity contribution in [3.05, 3.63) is 34.9 Å². The van der Waals surface area contributed by atoms with E-state index in [1.165, 1.54) is 0 Å². The van der Waals surface area contributed by atoms with Crippen molar-refractivity contribution in [1.29, 1.82) is 0 Å². The van der Waals surface area contributed by atoms with Gasteiger partial charge in [0, 0.05) is 30.1 Å². The summed E-state index contributed by atoms with van der Waals surface area (Å²) in [5.74, 6) is -1.43. The third kappa shape index (κ3) is 6.69. The van der Waals surface area contributed by atoms with Gasteiger partial charge in [0.1, 0.15) is 0 Å². The molecule has 3 N–H and O–H groups in total. The number of carbonyl (C=O) groups excluding carboxylic acids is 2. The molecule has 126 valence electrons. The highest BCUT2D eigenvalue weighted by molar-refractivity contribution is 6.30. The van der Waals surface area contributed by atoms with Crippen LogP contribution >= 0.6 is 11.6 Å². The SMILES string of the molecule is CC(C)(CNC(=O)CCCNC(=O)c1ccc(Cl)cc1)C(=O)O. The summed E-state index contributed by atoms with van der Waals surface area (Å²) in [6.07, 6.45) is 0.690. The van der Waals surface area contributed by atoms with Gasteiger partial charge in [-0.1, -0.05) is 11.6 Å². The second-order valence-electron chi connectivity index (χ2n) is 5.83. The van der Waals surface area contributed by atoms with Crippen molar-refractivity contribution in [2.75, 3.05) is 13.1 Å². The number of amides is 2. The molecule has 0 bridgehead atoms. The van der Waals surface area contributed by atoms with Crippen molar-refractivity contribution >= 4 is 29.4 Å². The molecule has 0 aromatic heterocycles. The lowest BCUT2D eigenvalue weighted by Gasteiger charge is -2.19. The van der Waals surface area contributed by atoms with E-state index in [0.717, 1.165) is 0 Å². The van der Waals surface area contributed by atoms with E-state index in [2.05, 4.69) is 10.6 Å². The van der Waals surface area contributed by atoms with Gasteiger partial charge < -0.3 is 15.7 Å². The molecule has 0 fully saturated rings. The maximum absolute atomic E-state index is 11.8. The van der Waals surface area contributed by atoms with E-state index in [0.29, 0.717) is 23.6 Å². The third-order valence-electron chi connectivity index (χ3n) is 3.28. The number of aliphatic carboxylic acids is 1. The van der Waals surface area contributed by atoms with Gasteiger partial charge in [0.15, 0.2) is 0 Å². The van der Waals surface area contributed by atoms with Crippen LogP contribution in [-0.2, 0) is 9.59 Å². The van der Waals surface area contributed by atoms with Crippen molar-refractivity contribution in [2.45, 2.75) is 26.7 Å². The van der Waals surface area contributed by atoms with Crippen LogP contribution in [0.3, 0.4) is 0 Å². The number of carbonyl (C=O) groups is 3. The molecule has 6 nitrogen and oxygen atoms in total. The normalized spacial score (nSPS) is 10.9. The first kappa shape index (κ1) is 19.0. The molecule has 1 rings (SSSR count). The highest BCUT2D eigenvalue weighted by atomic mass is 35.5. The Kier molecular flexibility index (Phi) is 7.03. The molecular weight excluding hydrogens is 320 g/mol. The van der Waals surface area contributed by atoms with Crippen LogP contribution < -0.4 is 10.6 Å². The van der Waals surface area contributed by atoms with Crippen LogP contribution in [0.1, 0.15) is 37.0 Å². The highest BCUT2D eigenvalue weighted by Crippen LogP contribution is 2.13. The van der Waals surface area contributed by atoms with E-state index in [9.17, 15) is 14.4 Å². The Balaban J connectivity index is 2.24.